The molecule has 2 heterocycles. The molecular formula is C20H24N4O4S. The van der Waals surface area contributed by atoms with Crippen LogP contribution in [0.4, 0.5) is 5.88 Å². The second-order valence-corrected chi connectivity index (χ2v) is 8.55. The highest BCUT2D eigenvalue weighted by molar-refractivity contribution is 7.99. The summed E-state index contributed by atoms with van der Waals surface area (Å²) in [5.74, 6) is 0.0440. The molecule has 8 nitrogen and oxygen atoms in total. The monoisotopic (exact) mass is 416 g/mol. The molecule has 0 bridgehead atoms. The number of aliphatic hydroxyl groups excluding tert-OH is 1. The Morgan fingerprint density at radius 3 is 2.76 bits per heavy atom. The quantitative estimate of drug-likeness (QED) is 0.450. The van der Waals surface area contributed by atoms with E-state index in [4.69, 9.17) is 9.63 Å². The number of amides is 1. The van der Waals surface area contributed by atoms with Gasteiger partial charge in [-0.15, -0.1) is 0 Å². The third kappa shape index (κ3) is 5.04. The van der Waals surface area contributed by atoms with Crippen LogP contribution in [-0.4, -0.2) is 38.1 Å². The van der Waals surface area contributed by atoms with Crippen LogP contribution >= 0.6 is 11.8 Å². The van der Waals surface area contributed by atoms with Crippen molar-refractivity contribution in [3.8, 4) is 0 Å². The summed E-state index contributed by atoms with van der Waals surface area (Å²) in [6, 6.07) is 8.78. The number of benzene rings is 1. The zero-order valence-electron chi connectivity index (χ0n) is 16.6. The fraction of sp³-hybridized carbons (Fsp3) is 0.400. The number of nitrogens with zero attached hydrogens (tertiary/aromatic N) is 3. The summed E-state index contributed by atoms with van der Waals surface area (Å²) in [7, 11) is 0. The van der Waals surface area contributed by atoms with Gasteiger partial charge in [0.2, 0.25) is 11.8 Å². The maximum Gasteiger partial charge on any atom is 0.262 e. The molecular weight excluding hydrogens is 392 g/mol. The smallest absolute Gasteiger partial charge is 0.262 e. The van der Waals surface area contributed by atoms with Crippen LogP contribution in [0.2, 0.25) is 0 Å². The van der Waals surface area contributed by atoms with Crippen molar-refractivity contribution < 1.29 is 14.4 Å². The van der Waals surface area contributed by atoms with E-state index in [9.17, 15) is 9.59 Å². The number of anilines is 1. The third-order valence-electron chi connectivity index (χ3n) is 4.24. The first kappa shape index (κ1) is 21.1. The van der Waals surface area contributed by atoms with E-state index in [0.717, 1.165) is 17.5 Å². The fourth-order valence-electron chi connectivity index (χ4n) is 2.68. The predicted octanol–water partition coefficient (Wildman–Crippen LogP) is 2.80. The molecule has 0 saturated heterocycles. The number of carbonyl (C=O) groups excluding carboxylic acids is 1. The number of aliphatic hydroxyl groups is 1. The molecule has 0 aliphatic rings. The van der Waals surface area contributed by atoms with Gasteiger partial charge >= 0.3 is 0 Å². The lowest BCUT2D eigenvalue weighted by Gasteiger charge is -2.12. The van der Waals surface area contributed by atoms with E-state index in [2.05, 4.69) is 15.5 Å². The highest BCUT2D eigenvalue weighted by atomic mass is 32.2. The molecule has 0 aliphatic heterocycles. The number of hydrogen-bond donors (Lipinski definition) is 2. The summed E-state index contributed by atoms with van der Waals surface area (Å²) in [6.07, 6.45) is 0.424. The van der Waals surface area contributed by atoms with Crippen molar-refractivity contribution in [1.29, 1.82) is 0 Å². The molecule has 9 heteroatoms. The average molecular weight is 417 g/mol. The summed E-state index contributed by atoms with van der Waals surface area (Å²) in [4.78, 5) is 29.7. The summed E-state index contributed by atoms with van der Waals surface area (Å²) in [6.45, 7) is 6.30. The Balaban J connectivity index is 1.76. The molecule has 0 unspecified atom stereocenters. The first-order valence-electron chi connectivity index (χ1n) is 9.30. The van der Waals surface area contributed by atoms with Crippen LogP contribution in [0.15, 0.2) is 44.8 Å². The molecule has 29 heavy (non-hydrogen) atoms. The number of aromatic nitrogens is 3. The minimum absolute atomic E-state index is 0.0362. The van der Waals surface area contributed by atoms with E-state index in [1.807, 2.05) is 26.8 Å². The zero-order chi connectivity index (χ0) is 21.0. The van der Waals surface area contributed by atoms with Crippen molar-refractivity contribution in [2.24, 2.45) is 0 Å². The minimum atomic E-state index is -0.289. The average Bonchev–Trinajstić information content (AvgIpc) is 3.15. The van der Waals surface area contributed by atoms with E-state index < -0.39 is 0 Å². The number of rotatable bonds is 7. The van der Waals surface area contributed by atoms with Crippen LogP contribution in [0.25, 0.3) is 10.9 Å². The van der Waals surface area contributed by atoms with Crippen molar-refractivity contribution in [1.82, 2.24) is 14.7 Å². The van der Waals surface area contributed by atoms with Gasteiger partial charge < -0.3 is 9.63 Å². The summed E-state index contributed by atoms with van der Waals surface area (Å²) < 4.78 is 6.68. The van der Waals surface area contributed by atoms with Gasteiger partial charge in [0.25, 0.3) is 5.56 Å². The molecule has 3 rings (SSSR count). The molecule has 3 aromatic rings. The summed E-state index contributed by atoms with van der Waals surface area (Å²) >= 11 is 1.16. The van der Waals surface area contributed by atoms with Gasteiger partial charge in [0, 0.05) is 24.6 Å². The first-order valence-corrected chi connectivity index (χ1v) is 10.3. The molecule has 2 N–H and O–H groups in total. The molecule has 1 aromatic carbocycles. The standard InChI is InChI=1S/C20H24N4O4S/c1-20(2,3)15-11-17(28-23-15)22-16(26)12-29-19-21-14-8-5-4-7-13(14)18(27)24(19)9-6-10-25/h4-5,7-8,11,25H,6,9-10,12H2,1-3H3,(H,22,26). The van der Waals surface area contributed by atoms with Crippen LogP contribution in [0.3, 0.4) is 0 Å². The number of hydrogen-bond acceptors (Lipinski definition) is 7. The fourth-order valence-corrected chi connectivity index (χ4v) is 3.50. The van der Waals surface area contributed by atoms with Gasteiger partial charge in [-0.2, -0.15) is 0 Å². The van der Waals surface area contributed by atoms with Gasteiger partial charge in [-0.1, -0.05) is 49.8 Å². The lowest BCUT2D eigenvalue weighted by Crippen LogP contribution is -2.24. The van der Waals surface area contributed by atoms with Gasteiger partial charge in [0.05, 0.1) is 22.3 Å². The van der Waals surface area contributed by atoms with Crippen LogP contribution in [-0.2, 0) is 16.8 Å². The van der Waals surface area contributed by atoms with Gasteiger partial charge in [-0.05, 0) is 18.6 Å². The normalized spacial score (nSPS) is 11.7. The predicted molar refractivity (Wildman–Crippen MR) is 112 cm³/mol. The lowest BCUT2D eigenvalue weighted by molar-refractivity contribution is -0.113. The van der Waals surface area contributed by atoms with E-state index in [1.54, 1.807) is 24.3 Å². The molecule has 2 aromatic heterocycles. The van der Waals surface area contributed by atoms with E-state index in [0.29, 0.717) is 29.0 Å². The van der Waals surface area contributed by atoms with Crippen LogP contribution in [0.1, 0.15) is 32.9 Å². The van der Waals surface area contributed by atoms with Gasteiger partial charge in [-0.3, -0.25) is 19.5 Å². The third-order valence-corrected chi connectivity index (χ3v) is 5.22. The lowest BCUT2D eigenvalue weighted by atomic mass is 9.92. The van der Waals surface area contributed by atoms with Crippen molar-refractivity contribution in [3.05, 3.63) is 46.4 Å². The SMILES string of the molecule is CC(C)(C)c1cc(NC(=O)CSc2nc3ccccc3c(=O)n2CCCO)on1. The van der Waals surface area contributed by atoms with Crippen LogP contribution in [0.5, 0.6) is 0 Å². The molecule has 0 fully saturated rings. The Morgan fingerprint density at radius 2 is 2.07 bits per heavy atom. The van der Waals surface area contributed by atoms with Gasteiger partial charge in [-0.25, -0.2) is 4.98 Å². The molecule has 154 valence electrons. The van der Waals surface area contributed by atoms with Crippen molar-refractivity contribution in [2.75, 3.05) is 17.7 Å². The minimum Gasteiger partial charge on any atom is -0.396 e. The Hall–Kier alpha value is -2.65. The van der Waals surface area contributed by atoms with Gasteiger partial charge in [0.15, 0.2) is 5.16 Å². The second kappa shape index (κ2) is 8.79. The molecule has 0 spiro atoms. The van der Waals surface area contributed by atoms with Crippen LogP contribution < -0.4 is 10.9 Å². The van der Waals surface area contributed by atoms with Crippen molar-refractivity contribution in [2.45, 2.75) is 44.3 Å². The number of carbonyl (C=O) groups is 1. The Labute approximate surface area is 172 Å². The largest absolute Gasteiger partial charge is 0.396 e. The molecule has 0 atom stereocenters. The Bertz CT molecular complexity index is 1070. The number of para-hydroxylation sites is 1. The highest BCUT2D eigenvalue weighted by Crippen LogP contribution is 2.24. The number of fused-ring (bicyclic) bond motifs is 1. The Kier molecular flexibility index (Phi) is 6.39. The molecule has 1 amide bonds. The topological polar surface area (TPSA) is 110 Å². The Morgan fingerprint density at radius 1 is 1.31 bits per heavy atom. The maximum atomic E-state index is 12.8. The summed E-state index contributed by atoms with van der Waals surface area (Å²) in [5.41, 5.74) is 0.955. The second-order valence-electron chi connectivity index (χ2n) is 7.61. The van der Waals surface area contributed by atoms with E-state index in [-0.39, 0.29) is 35.1 Å². The molecule has 0 saturated carbocycles. The molecule has 0 radical (unpaired) electrons. The van der Waals surface area contributed by atoms with Crippen molar-refractivity contribution >= 4 is 34.5 Å². The van der Waals surface area contributed by atoms with E-state index in [1.165, 1.54) is 4.57 Å². The van der Waals surface area contributed by atoms with E-state index >= 15 is 0 Å². The maximum absolute atomic E-state index is 12.8. The number of nitrogens with one attached hydrogen (secondary N) is 1. The summed E-state index contributed by atoms with van der Waals surface area (Å²) in [5, 5.41) is 16.7. The highest BCUT2D eigenvalue weighted by Gasteiger charge is 2.20. The van der Waals surface area contributed by atoms with Crippen LogP contribution in [0, 0.1) is 0 Å². The van der Waals surface area contributed by atoms with Crippen molar-refractivity contribution in [3.63, 3.8) is 0 Å². The zero-order valence-corrected chi connectivity index (χ0v) is 17.5. The molecule has 0 aliphatic carbocycles. The van der Waals surface area contributed by atoms with Gasteiger partial charge in [0.1, 0.15) is 0 Å². The number of thioether (sulfide) groups is 1. The first-order chi connectivity index (χ1) is 13.8.